The van der Waals surface area contributed by atoms with Crippen LogP contribution in [0.25, 0.3) is 0 Å². The van der Waals surface area contributed by atoms with Crippen LogP contribution in [0, 0.1) is 9.49 Å². The van der Waals surface area contributed by atoms with E-state index in [1.807, 2.05) is 19.9 Å². The van der Waals surface area contributed by atoms with Crippen LogP contribution in [0.4, 0.5) is 5.69 Å². The van der Waals surface area contributed by atoms with Crippen LogP contribution in [0.1, 0.15) is 13.8 Å². The number of rotatable bonds is 3. The van der Waals surface area contributed by atoms with Crippen molar-refractivity contribution in [1.82, 2.24) is 0 Å². The lowest BCUT2D eigenvalue weighted by molar-refractivity contribution is -0.118. The molecule has 16 heavy (non-hydrogen) atoms. The van der Waals surface area contributed by atoms with Crippen LogP contribution in [0.3, 0.4) is 0 Å². The van der Waals surface area contributed by atoms with E-state index in [1.165, 1.54) is 0 Å². The minimum absolute atomic E-state index is 0.0997. The molecule has 0 fully saturated rings. The first-order valence-electron chi connectivity index (χ1n) is 4.93. The highest BCUT2D eigenvalue weighted by atomic mass is 127. The van der Waals surface area contributed by atoms with Gasteiger partial charge < -0.3 is 11.1 Å². The van der Waals surface area contributed by atoms with Gasteiger partial charge in [0.25, 0.3) is 0 Å². The smallest absolute Gasteiger partial charge is 0.241 e. The molecule has 5 heteroatoms. The summed E-state index contributed by atoms with van der Waals surface area (Å²) in [5.41, 5.74) is 6.33. The Labute approximate surface area is 114 Å². The molecule has 0 heterocycles. The first kappa shape index (κ1) is 13.7. The van der Waals surface area contributed by atoms with Gasteiger partial charge in [0.15, 0.2) is 0 Å². The highest BCUT2D eigenvalue weighted by molar-refractivity contribution is 14.1. The van der Waals surface area contributed by atoms with Gasteiger partial charge in [0.05, 0.1) is 16.8 Å². The Balaban J connectivity index is 2.77. The van der Waals surface area contributed by atoms with Gasteiger partial charge >= 0.3 is 0 Å². The van der Waals surface area contributed by atoms with Gasteiger partial charge in [-0.1, -0.05) is 25.4 Å². The van der Waals surface area contributed by atoms with Crippen molar-refractivity contribution in [3.05, 3.63) is 26.8 Å². The third-order valence-electron chi connectivity index (χ3n) is 2.21. The van der Waals surface area contributed by atoms with Crippen LogP contribution in [0.15, 0.2) is 18.2 Å². The molecule has 1 aromatic carbocycles. The second kappa shape index (κ2) is 5.84. The molecule has 0 aliphatic heterocycles. The minimum Gasteiger partial charge on any atom is -0.323 e. The van der Waals surface area contributed by atoms with Crippen LogP contribution < -0.4 is 11.1 Å². The second-order valence-corrected chi connectivity index (χ2v) is 5.54. The van der Waals surface area contributed by atoms with E-state index in [2.05, 4.69) is 27.9 Å². The summed E-state index contributed by atoms with van der Waals surface area (Å²) < 4.78 is 1.02. The lowest BCUT2D eigenvalue weighted by atomic mass is 10.1. The second-order valence-electron chi connectivity index (χ2n) is 3.88. The maximum absolute atomic E-state index is 11.7. The zero-order valence-electron chi connectivity index (χ0n) is 9.13. The van der Waals surface area contributed by atoms with Crippen molar-refractivity contribution in [2.24, 2.45) is 11.7 Å². The third kappa shape index (κ3) is 3.61. The van der Waals surface area contributed by atoms with E-state index in [9.17, 15) is 4.79 Å². The fraction of sp³-hybridized carbons (Fsp3) is 0.364. The summed E-state index contributed by atoms with van der Waals surface area (Å²) in [7, 11) is 0. The maximum atomic E-state index is 11.7. The normalized spacial score (nSPS) is 12.6. The predicted octanol–water partition coefficient (Wildman–Crippen LogP) is 2.87. The number of nitrogens with one attached hydrogen (secondary N) is 1. The van der Waals surface area contributed by atoms with E-state index in [0.717, 1.165) is 3.57 Å². The molecule has 1 rings (SSSR count). The Morgan fingerprint density at radius 1 is 1.50 bits per heavy atom. The molecular weight excluding hydrogens is 338 g/mol. The SMILES string of the molecule is CC(C)[C@H](N)C(=O)Nc1ccc(I)cc1Cl. The summed E-state index contributed by atoms with van der Waals surface area (Å²) >= 11 is 8.16. The van der Waals surface area contributed by atoms with Crippen LogP contribution in [-0.4, -0.2) is 11.9 Å². The number of amides is 1. The van der Waals surface area contributed by atoms with Gasteiger partial charge in [-0.05, 0) is 46.7 Å². The molecule has 1 aromatic rings. The van der Waals surface area contributed by atoms with Gasteiger partial charge in [-0.3, -0.25) is 4.79 Å². The number of carbonyl (C=O) groups is 1. The molecule has 0 aromatic heterocycles. The average molecular weight is 353 g/mol. The van der Waals surface area contributed by atoms with Crippen molar-refractivity contribution >= 4 is 45.8 Å². The van der Waals surface area contributed by atoms with Crippen LogP contribution >= 0.6 is 34.2 Å². The van der Waals surface area contributed by atoms with Crippen LogP contribution in [0.5, 0.6) is 0 Å². The number of carbonyl (C=O) groups excluding carboxylic acids is 1. The summed E-state index contributed by atoms with van der Waals surface area (Å²) in [6.45, 7) is 3.81. The number of nitrogens with two attached hydrogens (primary N) is 1. The van der Waals surface area contributed by atoms with Crippen molar-refractivity contribution < 1.29 is 4.79 Å². The Bertz CT molecular complexity index is 396. The van der Waals surface area contributed by atoms with Crippen molar-refractivity contribution in [2.75, 3.05) is 5.32 Å². The summed E-state index contributed by atoms with van der Waals surface area (Å²) in [5.74, 6) is -0.110. The molecule has 0 radical (unpaired) electrons. The van der Waals surface area contributed by atoms with E-state index >= 15 is 0 Å². The van der Waals surface area contributed by atoms with Crippen molar-refractivity contribution in [1.29, 1.82) is 0 Å². The van der Waals surface area contributed by atoms with E-state index < -0.39 is 6.04 Å². The van der Waals surface area contributed by atoms with Gasteiger partial charge in [-0.15, -0.1) is 0 Å². The highest BCUT2D eigenvalue weighted by Gasteiger charge is 2.17. The third-order valence-corrected chi connectivity index (χ3v) is 3.19. The Morgan fingerprint density at radius 2 is 2.12 bits per heavy atom. The van der Waals surface area contributed by atoms with Crippen molar-refractivity contribution in [3.8, 4) is 0 Å². The monoisotopic (exact) mass is 352 g/mol. The Morgan fingerprint density at radius 3 is 2.62 bits per heavy atom. The van der Waals surface area contributed by atoms with E-state index in [-0.39, 0.29) is 11.8 Å². The summed E-state index contributed by atoms with van der Waals surface area (Å²) in [4.78, 5) is 11.7. The number of anilines is 1. The molecule has 0 aliphatic rings. The lowest BCUT2D eigenvalue weighted by Crippen LogP contribution is -2.39. The predicted molar refractivity (Wildman–Crippen MR) is 75.6 cm³/mol. The van der Waals surface area contributed by atoms with E-state index in [1.54, 1.807) is 12.1 Å². The number of hydrogen-bond acceptors (Lipinski definition) is 2. The number of halogens is 2. The van der Waals surface area contributed by atoms with Crippen LogP contribution in [-0.2, 0) is 4.79 Å². The van der Waals surface area contributed by atoms with Gasteiger partial charge in [0.2, 0.25) is 5.91 Å². The molecule has 1 amide bonds. The van der Waals surface area contributed by atoms with Gasteiger partial charge in [0, 0.05) is 3.57 Å². The van der Waals surface area contributed by atoms with Crippen molar-refractivity contribution in [3.63, 3.8) is 0 Å². The number of hydrogen-bond donors (Lipinski definition) is 2. The molecule has 0 spiro atoms. The topological polar surface area (TPSA) is 55.1 Å². The fourth-order valence-electron chi connectivity index (χ4n) is 1.11. The average Bonchev–Trinajstić information content (AvgIpc) is 2.20. The molecule has 88 valence electrons. The maximum Gasteiger partial charge on any atom is 0.241 e. The minimum atomic E-state index is -0.518. The molecule has 0 unspecified atom stereocenters. The summed E-state index contributed by atoms with van der Waals surface area (Å²) in [5, 5.41) is 3.24. The van der Waals surface area contributed by atoms with Gasteiger partial charge in [-0.25, -0.2) is 0 Å². The number of benzene rings is 1. The molecular formula is C11H14ClIN2O. The fourth-order valence-corrected chi connectivity index (χ4v) is 2.01. The largest absolute Gasteiger partial charge is 0.323 e. The van der Waals surface area contributed by atoms with Gasteiger partial charge in [-0.2, -0.15) is 0 Å². The first-order chi connectivity index (χ1) is 7.41. The summed E-state index contributed by atoms with van der Waals surface area (Å²) in [6, 6.07) is 4.92. The van der Waals surface area contributed by atoms with Crippen LogP contribution in [0.2, 0.25) is 5.02 Å². The molecule has 1 atom stereocenters. The standard InChI is InChI=1S/C11H14ClIN2O/c1-6(2)10(14)11(16)15-9-4-3-7(13)5-8(9)12/h3-6,10H,14H2,1-2H3,(H,15,16)/t10-/m0/s1. The van der Waals surface area contributed by atoms with Gasteiger partial charge in [0.1, 0.15) is 0 Å². The zero-order valence-corrected chi connectivity index (χ0v) is 12.0. The highest BCUT2D eigenvalue weighted by Crippen LogP contribution is 2.24. The molecule has 0 aliphatic carbocycles. The lowest BCUT2D eigenvalue weighted by Gasteiger charge is -2.16. The first-order valence-corrected chi connectivity index (χ1v) is 6.39. The molecule has 3 nitrogen and oxygen atoms in total. The quantitative estimate of drug-likeness (QED) is 0.822. The van der Waals surface area contributed by atoms with E-state index in [4.69, 9.17) is 17.3 Å². The molecule has 0 bridgehead atoms. The Hall–Kier alpha value is -0.330. The molecule has 0 saturated heterocycles. The van der Waals surface area contributed by atoms with E-state index in [0.29, 0.717) is 10.7 Å². The Kier molecular flexibility index (Phi) is 5.01. The summed E-state index contributed by atoms with van der Waals surface area (Å²) in [6.07, 6.45) is 0. The van der Waals surface area contributed by atoms with Crippen molar-refractivity contribution in [2.45, 2.75) is 19.9 Å². The molecule has 3 N–H and O–H groups in total. The molecule has 0 saturated carbocycles. The zero-order chi connectivity index (χ0) is 12.3.